The van der Waals surface area contributed by atoms with E-state index >= 15 is 0 Å². The summed E-state index contributed by atoms with van der Waals surface area (Å²) < 4.78 is 193. The van der Waals surface area contributed by atoms with Crippen LogP contribution in [0.1, 0.15) is 53.7 Å². The Morgan fingerprint density at radius 1 is 0.563 bits per heavy atom. The third-order valence-corrected chi connectivity index (χ3v) is 12.2. The van der Waals surface area contributed by atoms with Gasteiger partial charge in [-0.25, -0.2) is 4.98 Å². The first-order chi connectivity index (χ1) is 43.1. The Bertz CT molecular complexity index is 5130. The number of aromatic nitrogens is 5. The molecule has 0 N–H and O–H groups in total. The summed E-state index contributed by atoms with van der Waals surface area (Å²) in [5.74, 6) is 0.597. The largest absolute Gasteiger partial charge is 0.458 e. The summed E-state index contributed by atoms with van der Waals surface area (Å²) in [6.07, 6.45) is 3.03. The van der Waals surface area contributed by atoms with Crippen molar-refractivity contribution < 1.29 is 36.7 Å². The van der Waals surface area contributed by atoms with Gasteiger partial charge in [0.05, 0.1) is 74.8 Å². The van der Waals surface area contributed by atoms with Gasteiger partial charge in [-0.3, -0.25) is 13.7 Å². The van der Waals surface area contributed by atoms with Crippen LogP contribution in [0.2, 0.25) is 0 Å². The van der Waals surface area contributed by atoms with Gasteiger partial charge in [0.25, 0.3) is 6.33 Å². The number of hydrogen-bond acceptors (Lipinski definition) is 2. The summed E-state index contributed by atoms with van der Waals surface area (Å²) in [6.45, 7) is 5.37. The predicted molar refractivity (Wildman–Crippen MR) is 291 cm³/mol. The van der Waals surface area contributed by atoms with Crippen molar-refractivity contribution in [3.05, 3.63) is 242 Å². The summed E-state index contributed by atoms with van der Waals surface area (Å²) in [5.41, 5.74) is 1.33. The van der Waals surface area contributed by atoms with Crippen LogP contribution in [0.15, 0.2) is 230 Å². The molecule has 0 radical (unpaired) electrons. The van der Waals surface area contributed by atoms with Gasteiger partial charge in [-0.1, -0.05) is 184 Å². The highest BCUT2D eigenvalue weighted by Gasteiger charge is 2.24. The summed E-state index contributed by atoms with van der Waals surface area (Å²) in [6, 6.07) is 21.7. The Morgan fingerprint density at radius 2 is 1.20 bits per heavy atom. The van der Waals surface area contributed by atoms with Crippen molar-refractivity contribution in [2.24, 2.45) is 5.41 Å². The highest BCUT2D eigenvalue weighted by molar-refractivity contribution is 6.16. The molecular weight excluding hydrogens is 867 g/mol. The van der Waals surface area contributed by atoms with Crippen LogP contribution in [0.25, 0.3) is 99.8 Å². The van der Waals surface area contributed by atoms with E-state index in [-0.39, 0.29) is 66.9 Å². The smallest absolute Gasteiger partial charge is 0.269 e. The fourth-order valence-electron chi connectivity index (χ4n) is 9.44. The average molecular weight is 936 g/mol. The van der Waals surface area contributed by atoms with Crippen LogP contribution in [-0.2, 0) is 6.37 Å². The molecule has 13 rings (SSSR count). The zero-order chi connectivity index (χ0) is 65.1. The maximum absolute atomic E-state index is 9.50. The Hall–Kier alpha value is -9.00. The molecule has 4 aromatic heterocycles. The Balaban J connectivity index is 1.08. The molecule has 0 aliphatic heterocycles. The Morgan fingerprint density at radius 3 is 1.90 bits per heavy atom. The fourth-order valence-corrected chi connectivity index (χ4v) is 9.44. The quantitative estimate of drug-likeness (QED) is 0.107. The minimum atomic E-state index is -1.87. The van der Waals surface area contributed by atoms with Gasteiger partial charge >= 0.3 is 0 Å². The van der Waals surface area contributed by atoms with Crippen LogP contribution in [0, 0.1) is 11.7 Å². The molecule has 4 heterocycles. The molecule has 0 aliphatic rings. The van der Waals surface area contributed by atoms with Crippen LogP contribution < -0.4 is 9.30 Å². The number of pyridine rings is 1. The van der Waals surface area contributed by atoms with Crippen molar-refractivity contribution in [1.29, 1.82) is 0 Å². The Kier molecular flexibility index (Phi) is 6.21. The topological polar surface area (TPSA) is 40.8 Å². The van der Waals surface area contributed by atoms with E-state index in [9.17, 15) is 8.22 Å². The molecule has 340 valence electrons. The van der Waals surface area contributed by atoms with Gasteiger partial charge in [0.1, 0.15) is 17.3 Å². The van der Waals surface area contributed by atoms with Crippen molar-refractivity contribution in [3.8, 4) is 56.6 Å². The molecule has 0 unspecified atom stereocenters. The zero-order valence-corrected chi connectivity index (χ0v) is 38.2. The number of imidazole rings is 1. The van der Waals surface area contributed by atoms with Gasteiger partial charge in [-0.15, -0.1) is 0 Å². The average Bonchev–Trinajstić information content (AvgIpc) is 1.55. The van der Waals surface area contributed by atoms with Crippen LogP contribution in [-0.4, -0.2) is 18.7 Å². The molecule has 0 amide bonds. The molecule has 0 bridgehead atoms. The first-order valence-corrected chi connectivity index (χ1v) is 22.6. The first kappa shape index (κ1) is 26.1. The minimum absolute atomic E-state index is 0.0513. The molecule has 0 spiro atoms. The molecule has 0 saturated carbocycles. The van der Waals surface area contributed by atoms with Crippen LogP contribution in [0.5, 0.6) is 11.5 Å². The number of benzene rings is 9. The molecule has 13 aromatic rings. The summed E-state index contributed by atoms with van der Waals surface area (Å²) in [7, 11) is 0. The number of rotatable bonds is 9. The maximum atomic E-state index is 9.50. The molecule has 71 heavy (non-hydrogen) atoms. The predicted octanol–water partition coefficient (Wildman–Crippen LogP) is 16.0. The van der Waals surface area contributed by atoms with Gasteiger partial charge < -0.3 is 9.30 Å². The molecule has 0 atom stereocenters. The molecule has 0 saturated heterocycles. The molecule has 6 heteroatoms. The van der Waals surface area contributed by atoms with E-state index in [2.05, 4.69) is 6.33 Å². The third kappa shape index (κ3) is 7.35. The van der Waals surface area contributed by atoms with Gasteiger partial charge in [0.2, 0.25) is 0 Å². The lowest BCUT2D eigenvalue weighted by Crippen LogP contribution is -2.31. The van der Waals surface area contributed by atoms with Crippen LogP contribution >= 0.6 is 0 Å². The summed E-state index contributed by atoms with van der Waals surface area (Å²) >= 11 is 0. The van der Waals surface area contributed by atoms with Gasteiger partial charge in [-0.05, 0) is 88.1 Å². The van der Waals surface area contributed by atoms with Gasteiger partial charge in [-0.2, -0.15) is 0 Å². The first-order valence-electron chi connectivity index (χ1n) is 32.6. The van der Waals surface area contributed by atoms with E-state index in [1.54, 1.807) is 113 Å². The number of ether oxygens (including phenoxy) is 1. The maximum Gasteiger partial charge on any atom is 0.269 e. The minimum Gasteiger partial charge on any atom is -0.458 e. The number of hydrogen-bond donors (Lipinski definition) is 0. The van der Waals surface area contributed by atoms with Crippen LogP contribution in [0.3, 0.4) is 0 Å². The lowest BCUT2D eigenvalue weighted by molar-refractivity contribution is -0.571. The van der Waals surface area contributed by atoms with E-state index in [1.807, 2.05) is 18.2 Å². The summed E-state index contributed by atoms with van der Waals surface area (Å²) in [5, 5.41) is 0.721. The molecular formula is C65H49N5O. The van der Waals surface area contributed by atoms with E-state index in [0.717, 1.165) is 0 Å². The lowest BCUT2D eigenvalue weighted by Gasteiger charge is -2.19. The normalized spacial score (nSPS) is 16.1. The fraction of sp³-hybridized carbons (Fsp3) is 0.0769. The standard InChI is InChI=1S/C65H49N5O/c1-65(2,3)42-44-36-37-66-62(38-44)70-57-33-15-12-28-54(57)63-60(69-55-31-13-10-26-52(55)53-27-11-14-32-56(53)69)40-49(41-61(63)70)71-48-25-18-24-47(39-48)67-43-68(59-35-17-16-34-58(59)67)64-50(45-20-6-4-7-21-45)29-19-30-51(64)46-22-8-5-9-23-46/h4-41H,42H2,1-3H3/i4D,5D,6D,7D,8D,9D,10D,11D,13D,14D,20D,21D,22D,23D,26D,27D,31D,32D,42D2. The van der Waals surface area contributed by atoms with Crippen LogP contribution in [0.4, 0.5) is 0 Å². The van der Waals surface area contributed by atoms with Crippen molar-refractivity contribution in [1.82, 2.24) is 18.7 Å². The van der Waals surface area contributed by atoms with E-state index < -0.39 is 121 Å². The van der Waals surface area contributed by atoms with E-state index in [1.165, 1.54) is 29.0 Å². The van der Waals surface area contributed by atoms with E-state index in [0.29, 0.717) is 49.9 Å². The highest BCUT2D eigenvalue weighted by atomic mass is 16.5. The number of para-hydroxylation sites is 6. The van der Waals surface area contributed by atoms with Gasteiger partial charge in [0, 0.05) is 42.6 Å². The van der Waals surface area contributed by atoms with Crippen molar-refractivity contribution in [2.75, 3.05) is 0 Å². The number of fused-ring (bicyclic) bond motifs is 7. The molecule has 0 fully saturated rings. The lowest BCUT2D eigenvalue weighted by atomic mass is 9.88. The second kappa shape index (κ2) is 16.9. The van der Waals surface area contributed by atoms with Crippen molar-refractivity contribution in [2.45, 2.75) is 27.1 Å². The Labute approximate surface area is 440 Å². The van der Waals surface area contributed by atoms with Gasteiger partial charge in [0.15, 0.2) is 0 Å². The monoisotopic (exact) mass is 936 g/mol. The second-order valence-corrected chi connectivity index (χ2v) is 17.8. The van der Waals surface area contributed by atoms with Crippen molar-refractivity contribution in [3.63, 3.8) is 0 Å². The number of nitrogens with zero attached hydrogens (tertiary/aromatic N) is 5. The van der Waals surface area contributed by atoms with E-state index in [4.69, 9.17) is 28.9 Å². The third-order valence-electron chi connectivity index (χ3n) is 12.2. The zero-order valence-electron chi connectivity index (χ0n) is 58.2. The molecule has 6 nitrogen and oxygen atoms in total. The van der Waals surface area contributed by atoms with Crippen molar-refractivity contribution >= 4 is 54.6 Å². The molecule has 0 aliphatic carbocycles. The summed E-state index contributed by atoms with van der Waals surface area (Å²) in [4.78, 5) is 4.81. The highest BCUT2D eigenvalue weighted by Crippen LogP contribution is 2.43. The molecule has 9 aromatic carbocycles. The SMILES string of the molecule is [2H]c1c([2H])c([2H])c(-c2cccc(-c3c([2H])c([2H])c([2H])c([2H])c3[2H])c2-[n+]2[c-]n(-c3cccc(Oc4cc(-n5c6c([2H])c([2H])c([2H])c([2H])c6c6c([2H])c([2H])c([2H])c([2H])c65)c5c6ccccc6n(-c6cc(C([2H])([2H])C(C)(C)C)ccn6)c5c4)c3)c3ccccc32)c([2H])c1[2H]. The second-order valence-electron chi connectivity index (χ2n) is 17.8.